The molecule has 0 fully saturated rings. The lowest BCUT2D eigenvalue weighted by atomic mass is 9.97. The van der Waals surface area contributed by atoms with Crippen LogP contribution >= 0.6 is 0 Å². The number of rotatable bonds is 5. The van der Waals surface area contributed by atoms with Gasteiger partial charge in [0.05, 0.1) is 22.4 Å². The van der Waals surface area contributed by atoms with Gasteiger partial charge in [-0.05, 0) is 59.7 Å². The molecule has 4 heteroatoms. The van der Waals surface area contributed by atoms with Gasteiger partial charge in [0.2, 0.25) is 0 Å². The Bertz CT molecular complexity index is 2810. The summed E-state index contributed by atoms with van der Waals surface area (Å²) >= 11 is 0. The van der Waals surface area contributed by atoms with Crippen LogP contribution in [0.1, 0.15) is 0 Å². The van der Waals surface area contributed by atoms with Gasteiger partial charge in [0.1, 0.15) is 11.2 Å². The monoisotopic (exact) mass is 639 g/mol. The minimum absolute atomic E-state index is 0.693. The molecular weight excluding hydrogens is 611 g/mol. The van der Waals surface area contributed by atoms with E-state index in [1.807, 2.05) is 36.4 Å². The van der Waals surface area contributed by atoms with Gasteiger partial charge in [-0.1, -0.05) is 127 Å². The Hall–Kier alpha value is -6.78. The number of aromatic nitrogens is 3. The van der Waals surface area contributed by atoms with E-state index in [2.05, 4.69) is 144 Å². The smallest absolute Gasteiger partial charge is 0.160 e. The minimum Gasteiger partial charge on any atom is -0.456 e. The Labute approximate surface area is 288 Å². The van der Waals surface area contributed by atoms with Gasteiger partial charge in [0.25, 0.3) is 0 Å². The van der Waals surface area contributed by atoms with Crippen molar-refractivity contribution in [3.8, 4) is 50.7 Å². The highest BCUT2D eigenvalue weighted by Gasteiger charge is 2.16. The summed E-state index contributed by atoms with van der Waals surface area (Å²) in [6, 6.07) is 61.3. The fraction of sp³-hybridized carbons (Fsp3) is 0. The highest BCUT2D eigenvalue weighted by atomic mass is 16.3. The molecule has 0 radical (unpaired) electrons. The number of hydrogen-bond donors (Lipinski definition) is 0. The molecule has 10 rings (SSSR count). The van der Waals surface area contributed by atoms with Crippen molar-refractivity contribution in [3.63, 3.8) is 0 Å². The van der Waals surface area contributed by atoms with Crippen LogP contribution < -0.4 is 0 Å². The maximum absolute atomic E-state index is 6.21. The Kier molecular flexibility index (Phi) is 6.46. The summed E-state index contributed by atoms with van der Waals surface area (Å²) in [6.45, 7) is 0. The van der Waals surface area contributed by atoms with Crippen LogP contribution in [-0.4, -0.2) is 14.5 Å². The molecule has 0 bridgehead atoms. The van der Waals surface area contributed by atoms with Gasteiger partial charge in [-0.25, -0.2) is 9.97 Å². The van der Waals surface area contributed by atoms with Crippen molar-refractivity contribution in [3.05, 3.63) is 176 Å². The first-order valence-corrected chi connectivity index (χ1v) is 16.8. The van der Waals surface area contributed by atoms with E-state index in [0.29, 0.717) is 5.82 Å². The number of fused-ring (bicyclic) bond motifs is 6. The Balaban J connectivity index is 1.10. The molecule has 0 unspecified atom stereocenters. The molecule has 0 aliphatic rings. The van der Waals surface area contributed by atoms with Crippen LogP contribution in [0.3, 0.4) is 0 Å². The van der Waals surface area contributed by atoms with E-state index in [9.17, 15) is 0 Å². The Morgan fingerprint density at radius 3 is 1.74 bits per heavy atom. The zero-order valence-corrected chi connectivity index (χ0v) is 27.0. The molecule has 0 aliphatic carbocycles. The first-order valence-electron chi connectivity index (χ1n) is 16.8. The summed E-state index contributed by atoms with van der Waals surface area (Å²) in [7, 11) is 0. The number of nitrogens with zero attached hydrogens (tertiary/aromatic N) is 3. The lowest BCUT2D eigenvalue weighted by molar-refractivity contribution is 0.669. The summed E-state index contributed by atoms with van der Waals surface area (Å²) in [5.41, 5.74) is 12.3. The van der Waals surface area contributed by atoms with E-state index in [0.717, 1.165) is 66.8 Å². The van der Waals surface area contributed by atoms with Crippen LogP contribution in [0, 0.1) is 0 Å². The van der Waals surface area contributed by atoms with Crippen molar-refractivity contribution in [2.75, 3.05) is 0 Å². The predicted molar refractivity (Wildman–Crippen MR) is 205 cm³/mol. The van der Waals surface area contributed by atoms with E-state index in [-0.39, 0.29) is 0 Å². The third kappa shape index (κ3) is 4.61. The standard InChI is InChI=1S/C46H29N3O/c1-2-12-31(13-3-1)46-47-39(30-24-26-34(27-25-30)49-41-20-7-4-16-36(41)37-17-5-8-21-42(37)49)29-40(48-46)33-15-10-14-32(28-33)35-19-11-23-44-45(35)38-18-6-9-22-43(38)50-44/h1-29H. The summed E-state index contributed by atoms with van der Waals surface area (Å²) in [4.78, 5) is 10.2. The van der Waals surface area contributed by atoms with E-state index in [1.165, 1.54) is 21.8 Å². The lowest BCUT2D eigenvalue weighted by Gasteiger charge is -2.12. The van der Waals surface area contributed by atoms with Crippen LogP contribution in [0.5, 0.6) is 0 Å². The Morgan fingerprint density at radius 1 is 0.400 bits per heavy atom. The van der Waals surface area contributed by atoms with Gasteiger partial charge in [0.15, 0.2) is 5.82 Å². The third-order valence-corrected chi connectivity index (χ3v) is 9.63. The SMILES string of the molecule is c1ccc(-c2nc(-c3ccc(-n4c5ccccc5c5ccccc54)cc3)cc(-c3cccc(-c4cccc5oc6ccccc6c45)c3)n2)cc1. The van der Waals surface area contributed by atoms with Crippen molar-refractivity contribution in [2.24, 2.45) is 0 Å². The molecular formula is C46H29N3O. The average Bonchev–Trinajstić information content (AvgIpc) is 3.74. The maximum atomic E-state index is 6.21. The molecule has 0 aliphatic heterocycles. The lowest BCUT2D eigenvalue weighted by Crippen LogP contribution is -1.97. The molecule has 10 aromatic rings. The average molecular weight is 640 g/mol. The van der Waals surface area contributed by atoms with Crippen LogP contribution in [0.25, 0.3) is 94.5 Å². The topological polar surface area (TPSA) is 43.9 Å². The van der Waals surface area contributed by atoms with Gasteiger partial charge in [-0.3, -0.25) is 0 Å². The van der Waals surface area contributed by atoms with Crippen molar-refractivity contribution in [2.45, 2.75) is 0 Å². The van der Waals surface area contributed by atoms with E-state index >= 15 is 0 Å². The molecule has 0 saturated heterocycles. The normalized spacial score (nSPS) is 11.6. The first-order chi connectivity index (χ1) is 24.8. The molecule has 0 amide bonds. The summed E-state index contributed by atoms with van der Waals surface area (Å²) < 4.78 is 8.55. The maximum Gasteiger partial charge on any atom is 0.160 e. The van der Waals surface area contributed by atoms with E-state index in [4.69, 9.17) is 14.4 Å². The molecule has 4 nitrogen and oxygen atoms in total. The van der Waals surface area contributed by atoms with Gasteiger partial charge >= 0.3 is 0 Å². The molecule has 0 saturated carbocycles. The molecule has 3 aromatic heterocycles. The van der Waals surface area contributed by atoms with E-state index < -0.39 is 0 Å². The second-order valence-corrected chi connectivity index (χ2v) is 12.6. The van der Waals surface area contributed by atoms with Crippen molar-refractivity contribution in [1.82, 2.24) is 14.5 Å². The molecule has 3 heterocycles. The summed E-state index contributed by atoms with van der Waals surface area (Å²) in [5.74, 6) is 0.693. The molecule has 0 N–H and O–H groups in total. The second kappa shape index (κ2) is 11.4. The van der Waals surface area contributed by atoms with Crippen LogP contribution in [0.2, 0.25) is 0 Å². The Morgan fingerprint density at radius 2 is 0.980 bits per heavy atom. The van der Waals surface area contributed by atoms with Crippen LogP contribution in [-0.2, 0) is 0 Å². The fourth-order valence-electron chi connectivity index (χ4n) is 7.30. The first kappa shape index (κ1) is 28.3. The number of furan rings is 1. The highest BCUT2D eigenvalue weighted by Crippen LogP contribution is 2.38. The molecule has 7 aromatic carbocycles. The quantitative estimate of drug-likeness (QED) is 0.188. The molecule has 50 heavy (non-hydrogen) atoms. The largest absolute Gasteiger partial charge is 0.456 e. The van der Waals surface area contributed by atoms with Crippen LogP contribution in [0.4, 0.5) is 0 Å². The number of hydrogen-bond acceptors (Lipinski definition) is 3. The fourth-order valence-corrected chi connectivity index (χ4v) is 7.30. The molecule has 0 atom stereocenters. The molecule has 234 valence electrons. The van der Waals surface area contributed by atoms with Gasteiger partial charge in [-0.2, -0.15) is 0 Å². The van der Waals surface area contributed by atoms with Crippen LogP contribution in [0.15, 0.2) is 180 Å². The van der Waals surface area contributed by atoms with Gasteiger partial charge < -0.3 is 8.98 Å². The van der Waals surface area contributed by atoms with Gasteiger partial charge in [-0.15, -0.1) is 0 Å². The van der Waals surface area contributed by atoms with Crippen molar-refractivity contribution >= 4 is 43.7 Å². The number of para-hydroxylation sites is 3. The highest BCUT2D eigenvalue weighted by molar-refractivity contribution is 6.12. The zero-order chi connectivity index (χ0) is 33.0. The third-order valence-electron chi connectivity index (χ3n) is 9.63. The molecule has 0 spiro atoms. The van der Waals surface area contributed by atoms with Gasteiger partial charge in [0, 0.05) is 43.9 Å². The van der Waals surface area contributed by atoms with Crippen molar-refractivity contribution in [1.29, 1.82) is 0 Å². The van der Waals surface area contributed by atoms with E-state index in [1.54, 1.807) is 0 Å². The zero-order valence-electron chi connectivity index (χ0n) is 27.0. The predicted octanol–water partition coefficient (Wildman–Crippen LogP) is 12.1. The van der Waals surface area contributed by atoms with Crippen molar-refractivity contribution < 1.29 is 4.42 Å². The second-order valence-electron chi connectivity index (χ2n) is 12.6. The minimum atomic E-state index is 0.693. The summed E-state index contributed by atoms with van der Waals surface area (Å²) in [5, 5.41) is 4.74. The summed E-state index contributed by atoms with van der Waals surface area (Å²) in [6.07, 6.45) is 0. The number of benzene rings is 7.